The summed E-state index contributed by atoms with van der Waals surface area (Å²) in [6, 6.07) is 3.95. The van der Waals surface area contributed by atoms with E-state index in [1.165, 1.54) is 13.2 Å². The standard InChI is InChI=1S/C16H20N2O3/c1-12-15(4-5-16(19)20-3)11-18(13(2)21-12)10-14-6-8-17-9-7-14/h4-9,11-13H,10H2,1-3H3/b5-4+/t12-,13-/m0/s1. The third kappa shape index (κ3) is 4.16. The van der Waals surface area contributed by atoms with E-state index in [1.807, 2.05) is 32.2 Å². The van der Waals surface area contributed by atoms with Gasteiger partial charge in [0.1, 0.15) is 6.23 Å². The van der Waals surface area contributed by atoms with E-state index in [0.717, 1.165) is 17.7 Å². The molecule has 0 saturated carbocycles. The number of ether oxygens (including phenoxy) is 2. The Labute approximate surface area is 124 Å². The van der Waals surface area contributed by atoms with Crippen molar-refractivity contribution in [2.45, 2.75) is 32.7 Å². The second-order valence-electron chi connectivity index (χ2n) is 4.89. The molecule has 0 N–H and O–H groups in total. The van der Waals surface area contributed by atoms with Gasteiger partial charge in [-0.15, -0.1) is 0 Å². The molecule has 0 fully saturated rings. The maximum atomic E-state index is 11.2. The number of hydrogen-bond acceptors (Lipinski definition) is 5. The lowest BCUT2D eigenvalue weighted by Crippen LogP contribution is -2.38. The third-order valence-corrected chi connectivity index (χ3v) is 3.38. The minimum atomic E-state index is -0.373. The summed E-state index contributed by atoms with van der Waals surface area (Å²) in [6.45, 7) is 4.70. The van der Waals surface area contributed by atoms with Gasteiger partial charge >= 0.3 is 5.97 Å². The van der Waals surface area contributed by atoms with Crippen molar-refractivity contribution in [1.29, 1.82) is 0 Å². The number of pyridine rings is 1. The monoisotopic (exact) mass is 288 g/mol. The summed E-state index contributed by atoms with van der Waals surface area (Å²) < 4.78 is 10.5. The van der Waals surface area contributed by atoms with Crippen molar-refractivity contribution in [2.24, 2.45) is 0 Å². The molecule has 1 aromatic rings. The lowest BCUT2D eigenvalue weighted by molar-refractivity contribution is -0.134. The molecule has 5 nitrogen and oxygen atoms in total. The SMILES string of the molecule is COC(=O)/C=C/C1=CN(Cc2ccncc2)[C@H](C)O[C@H]1C. The molecule has 1 aliphatic heterocycles. The molecule has 5 heteroatoms. The first-order chi connectivity index (χ1) is 10.1. The van der Waals surface area contributed by atoms with Crippen LogP contribution in [0.25, 0.3) is 0 Å². The molecule has 2 heterocycles. The fraction of sp³-hybridized carbons (Fsp3) is 0.375. The van der Waals surface area contributed by atoms with Gasteiger partial charge in [-0.3, -0.25) is 4.98 Å². The summed E-state index contributed by atoms with van der Waals surface area (Å²) in [7, 11) is 1.36. The Balaban J connectivity index is 2.14. The van der Waals surface area contributed by atoms with Crippen LogP contribution in [0.4, 0.5) is 0 Å². The smallest absolute Gasteiger partial charge is 0.330 e. The fourth-order valence-corrected chi connectivity index (χ4v) is 2.14. The van der Waals surface area contributed by atoms with Crippen LogP contribution >= 0.6 is 0 Å². The molecule has 0 unspecified atom stereocenters. The molecule has 21 heavy (non-hydrogen) atoms. The van der Waals surface area contributed by atoms with E-state index < -0.39 is 0 Å². The van der Waals surface area contributed by atoms with Gasteiger partial charge in [0.2, 0.25) is 0 Å². The first kappa shape index (κ1) is 15.3. The lowest BCUT2D eigenvalue weighted by atomic mass is 10.1. The maximum Gasteiger partial charge on any atom is 0.330 e. The van der Waals surface area contributed by atoms with E-state index >= 15 is 0 Å². The molecular formula is C16H20N2O3. The average molecular weight is 288 g/mol. The number of hydrogen-bond donors (Lipinski definition) is 0. The highest BCUT2D eigenvalue weighted by molar-refractivity contribution is 5.82. The van der Waals surface area contributed by atoms with Gasteiger partial charge in [-0.25, -0.2) is 4.79 Å². The number of esters is 1. The van der Waals surface area contributed by atoms with Gasteiger partial charge in [0.25, 0.3) is 0 Å². The van der Waals surface area contributed by atoms with E-state index in [-0.39, 0.29) is 18.3 Å². The molecule has 0 amide bonds. The molecule has 2 atom stereocenters. The quantitative estimate of drug-likeness (QED) is 0.628. The number of carbonyl (C=O) groups excluding carboxylic acids is 1. The molecule has 0 aromatic carbocycles. The van der Waals surface area contributed by atoms with Crippen molar-refractivity contribution in [3.8, 4) is 0 Å². The Morgan fingerprint density at radius 2 is 2.14 bits per heavy atom. The van der Waals surface area contributed by atoms with Crippen LogP contribution in [-0.2, 0) is 20.8 Å². The molecule has 0 aliphatic carbocycles. The molecule has 0 bridgehead atoms. The normalized spacial score (nSPS) is 22.2. The van der Waals surface area contributed by atoms with Gasteiger partial charge in [-0.05, 0) is 43.2 Å². The molecule has 0 radical (unpaired) electrons. The Hall–Kier alpha value is -2.14. The van der Waals surface area contributed by atoms with Gasteiger partial charge in [0.05, 0.1) is 13.2 Å². The van der Waals surface area contributed by atoms with Gasteiger partial charge < -0.3 is 14.4 Å². The Kier molecular flexibility index (Phi) is 5.11. The highest BCUT2D eigenvalue weighted by Crippen LogP contribution is 2.22. The zero-order valence-corrected chi connectivity index (χ0v) is 12.5. The number of carbonyl (C=O) groups is 1. The van der Waals surface area contributed by atoms with Crippen LogP contribution in [-0.4, -0.2) is 35.3 Å². The zero-order chi connectivity index (χ0) is 15.2. The van der Waals surface area contributed by atoms with Crippen LogP contribution in [0, 0.1) is 0 Å². The van der Waals surface area contributed by atoms with Crippen LogP contribution in [0.1, 0.15) is 19.4 Å². The summed E-state index contributed by atoms with van der Waals surface area (Å²) >= 11 is 0. The molecule has 1 aromatic heterocycles. The molecule has 2 rings (SSSR count). The fourth-order valence-electron chi connectivity index (χ4n) is 2.14. The summed E-state index contributed by atoms with van der Waals surface area (Å²) in [4.78, 5) is 17.3. The van der Waals surface area contributed by atoms with Crippen LogP contribution in [0.15, 0.2) is 48.5 Å². The Bertz CT molecular complexity index is 540. The van der Waals surface area contributed by atoms with Gasteiger partial charge in [0, 0.05) is 31.2 Å². The number of methoxy groups -OCH3 is 1. The average Bonchev–Trinajstić information content (AvgIpc) is 2.49. The second-order valence-corrected chi connectivity index (χ2v) is 4.89. The van der Waals surface area contributed by atoms with E-state index in [4.69, 9.17) is 4.74 Å². The predicted molar refractivity (Wildman–Crippen MR) is 79.0 cm³/mol. The van der Waals surface area contributed by atoms with Crippen molar-refractivity contribution in [3.05, 3.63) is 54.0 Å². The third-order valence-electron chi connectivity index (χ3n) is 3.38. The molecular weight excluding hydrogens is 268 g/mol. The molecule has 1 aliphatic rings. The molecule has 0 spiro atoms. The van der Waals surface area contributed by atoms with Crippen LogP contribution in [0.5, 0.6) is 0 Å². The van der Waals surface area contributed by atoms with Crippen LogP contribution in [0.3, 0.4) is 0 Å². The van der Waals surface area contributed by atoms with Gasteiger partial charge in [-0.2, -0.15) is 0 Å². The number of aromatic nitrogens is 1. The predicted octanol–water partition coefficient (Wildman–Crippen LogP) is 2.26. The minimum Gasteiger partial charge on any atom is -0.466 e. The molecule has 112 valence electrons. The molecule has 0 saturated heterocycles. The summed E-state index contributed by atoms with van der Waals surface area (Å²) in [5, 5.41) is 0. The van der Waals surface area contributed by atoms with Crippen LogP contribution < -0.4 is 0 Å². The first-order valence-corrected chi connectivity index (χ1v) is 6.88. The Morgan fingerprint density at radius 1 is 1.43 bits per heavy atom. The van der Waals surface area contributed by atoms with Crippen LogP contribution in [0.2, 0.25) is 0 Å². The first-order valence-electron chi connectivity index (χ1n) is 6.88. The summed E-state index contributed by atoms with van der Waals surface area (Å²) in [5.74, 6) is -0.373. The largest absolute Gasteiger partial charge is 0.466 e. The maximum absolute atomic E-state index is 11.2. The summed E-state index contributed by atoms with van der Waals surface area (Å²) in [6.07, 6.45) is 8.63. The minimum absolute atomic E-state index is 0.0246. The van der Waals surface area contributed by atoms with E-state index in [2.05, 4.69) is 14.6 Å². The highest BCUT2D eigenvalue weighted by atomic mass is 16.5. The second kappa shape index (κ2) is 7.04. The van der Waals surface area contributed by atoms with Crippen molar-refractivity contribution in [3.63, 3.8) is 0 Å². The van der Waals surface area contributed by atoms with E-state index in [0.29, 0.717) is 0 Å². The van der Waals surface area contributed by atoms with Crippen molar-refractivity contribution < 1.29 is 14.3 Å². The van der Waals surface area contributed by atoms with Gasteiger partial charge in [0.15, 0.2) is 0 Å². The zero-order valence-electron chi connectivity index (χ0n) is 12.5. The Morgan fingerprint density at radius 3 is 2.81 bits per heavy atom. The topological polar surface area (TPSA) is 51.7 Å². The van der Waals surface area contributed by atoms with E-state index in [9.17, 15) is 4.79 Å². The summed E-state index contributed by atoms with van der Waals surface area (Å²) in [5.41, 5.74) is 2.09. The lowest BCUT2D eigenvalue weighted by Gasteiger charge is -2.36. The highest BCUT2D eigenvalue weighted by Gasteiger charge is 2.22. The van der Waals surface area contributed by atoms with Crippen molar-refractivity contribution in [1.82, 2.24) is 9.88 Å². The van der Waals surface area contributed by atoms with Gasteiger partial charge in [-0.1, -0.05) is 0 Å². The van der Waals surface area contributed by atoms with E-state index in [1.54, 1.807) is 18.5 Å². The van der Waals surface area contributed by atoms with Crippen molar-refractivity contribution in [2.75, 3.05) is 7.11 Å². The number of rotatable bonds is 4. The number of nitrogens with zero attached hydrogens (tertiary/aromatic N) is 2. The van der Waals surface area contributed by atoms with Crippen molar-refractivity contribution >= 4 is 5.97 Å².